The van der Waals surface area contributed by atoms with E-state index in [2.05, 4.69) is 16.0 Å². The van der Waals surface area contributed by atoms with Crippen molar-refractivity contribution < 1.29 is 4.74 Å². The topological polar surface area (TPSA) is 37.9 Å². The summed E-state index contributed by atoms with van der Waals surface area (Å²) < 4.78 is 5.36. The fourth-order valence-corrected chi connectivity index (χ4v) is 1.97. The Labute approximate surface area is 99.1 Å². The van der Waals surface area contributed by atoms with Crippen LogP contribution < -0.4 is 4.74 Å². The number of para-hydroxylation sites is 1. The molecule has 0 saturated carbocycles. The second-order valence-electron chi connectivity index (χ2n) is 3.84. The lowest BCUT2D eigenvalue weighted by molar-refractivity contribution is 0.416. The van der Waals surface area contributed by atoms with Gasteiger partial charge < -0.3 is 9.72 Å². The Hall–Kier alpha value is -2.29. The van der Waals surface area contributed by atoms with Gasteiger partial charge >= 0.3 is 0 Å². The van der Waals surface area contributed by atoms with Crippen LogP contribution in [0.5, 0.6) is 5.75 Å². The Bertz CT molecular complexity index is 658. The highest BCUT2D eigenvalue weighted by Crippen LogP contribution is 2.30. The van der Waals surface area contributed by atoms with Gasteiger partial charge in [-0.2, -0.15) is 0 Å². The summed E-state index contributed by atoms with van der Waals surface area (Å²) in [6, 6.07) is 12.1. The molecule has 3 rings (SSSR count). The van der Waals surface area contributed by atoms with Gasteiger partial charge in [-0.1, -0.05) is 18.2 Å². The molecular formula is C14H12N2O. The minimum absolute atomic E-state index is 0.865. The Kier molecular flexibility index (Phi) is 2.29. The average Bonchev–Trinajstić information content (AvgIpc) is 2.85. The molecular weight excluding hydrogens is 212 g/mol. The fraction of sp³-hybridized carbons (Fsp3) is 0.0714. The van der Waals surface area contributed by atoms with Gasteiger partial charge in [0.1, 0.15) is 11.4 Å². The van der Waals surface area contributed by atoms with Crippen LogP contribution in [0.4, 0.5) is 0 Å². The number of fused-ring (bicyclic) bond motifs is 1. The first kappa shape index (κ1) is 9.90. The van der Waals surface area contributed by atoms with Gasteiger partial charge in [0.2, 0.25) is 0 Å². The number of nitrogens with one attached hydrogen (secondary N) is 1. The van der Waals surface area contributed by atoms with Crippen molar-refractivity contribution in [1.82, 2.24) is 9.97 Å². The molecule has 0 amide bonds. The van der Waals surface area contributed by atoms with Gasteiger partial charge in [-0.25, -0.2) is 4.98 Å². The first-order valence-corrected chi connectivity index (χ1v) is 5.45. The summed E-state index contributed by atoms with van der Waals surface area (Å²) in [5.41, 5.74) is 3.03. The van der Waals surface area contributed by atoms with Crippen LogP contribution in [0, 0.1) is 0 Å². The maximum atomic E-state index is 5.36. The molecule has 3 nitrogen and oxygen atoms in total. The van der Waals surface area contributed by atoms with E-state index in [0.29, 0.717) is 0 Å². The summed E-state index contributed by atoms with van der Waals surface area (Å²) in [4.78, 5) is 7.47. The van der Waals surface area contributed by atoms with E-state index in [-0.39, 0.29) is 0 Å². The predicted octanol–water partition coefficient (Wildman–Crippen LogP) is 3.24. The van der Waals surface area contributed by atoms with Crippen molar-refractivity contribution in [1.29, 1.82) is 0 Å². The molecule has 84 valence electrons. The average molecular weight is 224 g/mol. The summed E-state index contributed by atoms with van der Waals surface area (Å²) in [5, 5.41) is 1.11. The smallest absolute Gasteiger partial charge is 0.137 e. The van der Waals surface area contributed by atoms with Crippen molar-refractivity contribution >= 4 is 11.0 Å². The molecule has 0 aliphatic heterocycles. The van der Waals surface area contributed by atoms with Gasteiger partial charge in [0.05, 0.1) is 7.11 Å². The number of hydrogen-bond donors (Lipinski definition) is 1. The van der Waals surface area contributed by atoms with Gasteiger partial charge in [0.15, 0.2) is 0 Å². The van der Waals surface area contributed by atoms with Crippen LogP contribution in [0.2, 0.25) is 0 Å². The fourth-order valence-electron chi connectivity index (χ4n) is 1.97. The largest absolute Gasteiger partial charge is 0.496 e. The van der Waals surface area contributed by atoms with Crippen LogP contribution in [0.3, 0.4) is 0 Å². The van der Waals surface area contributed by atoms with Crippen LogP contribution in [-0.2, 0) is 0 Å². The van der Waals surface area contributed by atoms with E-state index in [0.717, 1.165) is 27.9 Å². The van der Waals surface area contributed by atoms with E-state index in [1.807, 2.05) is 42.7 Å². The molecule has 0 aliphatic rings. The lowest BCUT2D eigenvalue weighted by Crippen LogP contribution is -1.88. The maximum Gasteiger partial charge on any atom is 0.137 e. The SMILES string of the molecule is COc1ccccc1-c1cnc2[nH]ccc2c1. The standard InChI is InChI=1S/C14H12N2O/c1-17-13-5-3-2-4-12(13)11-8-10-6-7-15-14(10)16-9-11/h2-9H,1H3,(H,15,16). The van der Waals surface area contributed by atoms with Crippen molar-refractivity contribution in [3.63, 3.8) is 0 Å². The monoisotopic (exact) mass is 224 g/mol. The van der Waals surface area contributed by atoms with E-state index in [1.54, 1.807) is 7.11 Å². The number of pyridine rings is 1. The first-order valence-electron chi connectivity index (χ1n) is 5.45. The van der Waals surface area contributed by atoms with Crippen LogP contribution in [0.25, 0.3) is 22.2 Å². The predicted molar refractivity (Wildman–Crippen MR) is 68.1 cm³/mol. The Morgan fingerprint density at radius 3 is 2.94 bits per heavy atom. The molecule has 3 heteroatoms. The van der Waals surface area contributed by atoms with Crippen molar-refractivity contribution in [2.24, 2.45) is 0 Å². The maximum absolute atomic E-state index is 5.36. The van der Waals surface area contributed by atoms with E-state index >= 15 is 0 Å². The third kappa shape index (κ3) is 1.65. The second-order valence-corrected chi connectivity index (χ2v) is 3.84. The summed E-state index contributed by atoms with van der Waals surface area (Å²) >= 11 is 0. The third-order valence-electron chi connectivity index (χ3n) is 2.82. The Morgan fingerprint density at radius 1 is 1.18 bits per heavy atom. The zero-order valence-electron chi connectivity index (χ0n) is 9.47. The molecule has 0 unspecified atom stereocenters. The Balaban J connectivity index is 2.19. The summed E-state index contributed by atoms with van der Waals surface area (Å²) in [6.45, 7) is 0. The number of H-pyrrole nitrogens is 1. The van der Waals surface area contributed by atoms with Crippen LogP contribution in [-0.4, -0.2) is 17.1 Å². The highest BCUT2D eigenvalue weighted by Gasteiger charge is 2.06. The molecule has 0 aliphatic carbocycles. The number of methoxy groups -OCH3 is 1. The van der Waals surface area contributed by atoms with Crippen LogP contribution >= 0.6 is 0 Å². The minimum Gasteiger partial charge on any atom is -0.496 e. The highest BCUT2D eigenvalue weighted by atomic mass is 16.5. The Morgan fingerprint density at radius 2 is 2.06 bits per heavy atom. The molecule has 17 heavy (non-hydrogen) atoms. The molecule has 0 spiro atoms. The van der Waals surface area contributed by atoms with Gasteiger partial charge in [-0.3, -0.25) is 0 Å². The number of ether oxygens (including phenoxy) is 1. The first-order chi connectivity index (χ1) is 8.38. The molecule has 0 fully saturated rings. The molecule has 0 atom stereocenters. The summed E-state index contributed by atoms with van der Waals surface area (Å²) in [6.07, 6.45) is 3.75. The molecule has 0 bridgehead atoms. The number of hydrogen-bond acceptors (Lipinski definition) is 2. The number of rotatable bonds is 2. The van der Waals surface area contributed by atoms with Crippen molar-refractivity contribution in [2.75, 3.05) is 7.11 Å². The molecule has 2 heterocycles. The van der Waals surface area contributed by atoms with Crippen molar-refractivity contribution in [3.8, 4) is 16.9 Å². The van der Waals surface area contributed by atoms with Gasteiger partial charge in [0.25, 0.3) is 0 Å². The van der Waals surface area contributed by atoms with Gasteiger partial charge in [-0.05, 0) is 18.2 Å². The quantitative estimate of drug-likeness (QED) is 0.725. The normalized spacial score (nSPS) is 10.6. The molecule has 3 aromatic rings. The van der Waals surface area contributed by atoms with Gasteiger partial charge in [-0.15, -0.1) is 0 Å². The number of nitrogens with zero attached hydrogens (tertiary/aromatic N) is 1. The minimum atomic E-state index is 0.865. The summed E-state index contributed by atoms with van der Waals surface area (Å²) in [5.74, 6) is 0.865. The second kappa shape index (κ2) is 3.94. The highest BCUT2D eigenvalue weighted by molar-refractivity contribution is 5.82. The molecule has 0 radical (unpaired) electrons. The molecule has 1 aromatic carbocycles. The molecule has 0 saturated heterocycles. The van der Waals surface area contributed by atoms with E-state index in [4.69, 9.17) is 4.74 Å². The van der Waals surface area contributed by atoms with Crippen molar-refractivity contribution in [2.45, 2.75) is 0 Å². The number of benzene rings is 1. The third-order valence-corrected chi connectivity index (χ3v) is 2.82. The zero-order chi connectivity index (χ0) is 11.7. The molecule has 1 N–H and O–H groups in total. The zero-order valence-corrected chi connectivity index (χ0v) is 9.47. The number of aromatic amines is 1. The van der Waals surface area contributed by atoms with Crippen LogP contribution in [0.1, 0.15) is 0 Å². The number of aromatic nitrogens is 2. The molecule has 2 aromatic heterocycles. The lowest BCUT2D eigenvalue weighted by atomic mass is 10.1. The van der Waals surface area contributed by atoms with Crippen molar-refractivity contribution in [3.05, 3.63) is 48.8 Å². The van der Waals surface area contributed by atoms with Gasteiger partial charge in [0, 0.05) is 28.9 Å². The van der Waals surface area contributed by atoms with E-state index < -0.39 is 0 Å². The van der Waals surface area contributed by atoms with Crippen LogP contribution in [0.15, 0.2) is 48.8 Å². The van der Waals surface area contributed by atoms with E-state index in [9.17, 15) is 0 Å². The lowest BCUT2D eigenvalue weighted by Gasteiger charge is -2.07. The van der Waals surface area contributed by atoms with E-state index in [1.165, 1.54) is 0 Å². The summed E-state index contributed by atoms with van der Waals surface area (Å²) in [7, 11) is 1.68.